The lowest BCUT2D eigenvalue weighted by atomic mass is 10.0. The number of methoxy groups -OCH3 is 1. The van der Waals surface area contributed by atoms with Crippen LogP contribution in [-0.4, -0.2) is 28.8 Å². The Morgan fingerprint density at radius 3 is 2.52 bits per heavy atom. The number of fused-ring (bicyclic) bond motifs is 1. The largest absolute Gasteiger partial charge is 0.497 e. The Kier molecular flexibility index (Phi) is 4.06. The zero-order valence-electron chi connectivity index (χ0n) is 15.0. The van der Waals surface area contributed by atoms with Crippen LogP contribution in [0.1, 0.15) is 22.4 Å². The first kappa shape index (κ1) is 15.9. The van der Waals surface area contributed by atoms with E-state index in [1.165, 1.54) is 33.6 Å². The first-order valence-electron chi connectivity index (χ1n) is 8.61. The van der Waals surface area contributed by atoms with Crippen LogP contribution < -0.4 is 4.74 Å². The zero-order chi connectivity index (χ0) is 17.4. The maximum atomic E-state index is 5.26. The third kappa shape index (κ3) is 2.94. The molecule has 4 rings (SSSR count). The van der Waals surface area contributed by atoms with Crippen molar-refractivity contribution in [2.24, 2.45) is 0 Å². The Labute approximate surface area is 148 Å². The van der Waals surface area contributed by atoms with Crippen LogP contribution >= 0.6 is 0 Å². The van der Waals surface area contributed by atoms with Gasteiger partial charge < -0.3 is 4.74 Å². The molecule has 4 nitrogen and oxygen atoms in total. The number of benzene rings is 2. The lowest BCUT2D eigenvalue weighted by molar-refractivity contribution is 0.346. The van der Waals surface area contributed by atoms with E-state index in [1.54, 1.807) is 7.11 Å². The van der Waals surface area contributed by atoms with Crippen molar-refractivity contribution in [1.82, 2.24) is 14.7 Å². The highest BCUT2D eigenvalue weighted by molar-refractivity contribution is 5.69. The normalized spacial score (nSPS) is 13.9. The van der Waals surface area contributed by atoms with Gasteiger partial charge in [0.1, 0.15) is 5.75 Å². The highest BCUT2D eigenvalue weighted by atomic mass is 16.5. The van der Waals surface area contributed by atoms with Crippen LogP contribution in [0.3, 0.4) is 0 Å². The molecule has 25 heavy (non-hydrogen) atoms. The Hall–Kier alpha value is -2.59. The molecule has 0 aliphatic carbocycles. The molecular weight excluding hydrogens is 310 g/mol. The highest BCUT2D eigenvalue weighted by Gasteiger charge is 2.26. The van der Waals surface area contributed by atoms with Gasteiger partial charge >= 0.3 is 0 Å². The van der Waals surface area contributed by atoms with Crippen LogP contribution in [0.15, 0.2) is 48.5 Å². The van der Waals surface area contributed by atoms with Crippen molar-refractivity contribution >= 4 is 0 Å². The molecule has 4 heteroatoms. The quantitative estimate of drug-likeness (QED) is 0.726. The summed E-state index contributed by atoms with van der Waals surface area (Å²) in [7, 11) is 3.84. The summed E-state index contributed by atoms with van der Waals surface area (Å²) >= 11 is 0. The molecule has 0 fully saturated rings. The molecule has 0 saturated carbocycles. The van der Waals surface area contributed by atoms with Crippen molar-refractivity contribution in [3.05, 3.63) is 70.9 Å². The van der Waals surface area contributed by atoms with Crippen molar-refractivity contribution in [2.75, 3.05) is 14.2 Å². The Bertz CT molecular complexity index is 896. The average Bonchev–Trinajstić information content (AvgIpc) is 3.12. The summed E-state index contributed by atoms with van der Waals surface area (Å²) in [5, 5.41) is 4.94. The topological polar surface area (TPSA) is 30.3 Å². The van der Waals surface area contributed by atoms with E-state index >= 15 is 0 Å². The van der Waals surface area contributed by atoms with Gasteiger partial charge in [-0.25, -0.2) is 0 Å². The minimum atomic E-state index is 0.768. The number of aromatic nitrogens is 2. The van der Waals surface area contributed by atoms with Crippen molar-refractivity contribution in [1.29, 1.82) is 0 Å². The van der Waals surface area contributed by atoms with Gasteiger partial charge in [-0.1, -0.05) is 36.4 Å². The Morgan fingerprint density at radius 1 is 1.04 bits per heavy atom. The number of hydrogen-bond acceptors (Lipinski definition) is 3. The summed E-state index contributed by atoms with van der Waals surface area (Å²) in [6, 6.07) is 16.8. The van der Waals surface area contributed by atoms with E-state index < -0.39 is 0 Å². The van der Waals surface area contributed by atoms with Crippen molar-refractivity contribution in [3.8, 4) is 17.0 Å². The van der Waals surface area contributed by atoms with Gasteiger partial charge in [-0.15, -0.1) is 0 Å². The molecule has 0 unspecified atom stereocenters. The lowest BCUT2D eigenvalue weighted by Gasteiger charge is -2.14. The van der Waals surface area contributed by atoms with Crippen LogP contribution in [0.4, 0.5) is 0 Å². The van der Waals surface area contributed by atoms with Gasteiger partial charge in [0.15, 0.2) is 0 Å². The first-order valence-corrected chi connectivity index (χ1v) is 8.61. The number of ether oxygens (including phenoxy) is 1. The second kappa shape index (κ2) is 6.37. The fraction of sp³-hybridized carbons (Fsp3) is 0.286. The zero-order valence-corrected chi connectivity index (χ0v) is 15.0. The molecule has 128 valence electrons. The van der Waals surface area contributed by atoms with Crippen LogP contribution in [0, 0.1) is 6.92 Å². The number of nitrogens with zero attached hydrogens (tertiary/aromatic N) is 3. The van der Waals surface area contributed by atoms with Crippen LogP contribution in [-0.2, 0) is 19.6 Å². The van der Waals surface area contributed by atoms with Crippen molar-refractivity contribution in [2.45, 2.75) is 26.6 Å². The second-order valence-corrected chi connectivity index (χ2v) is 6.77. The lowest BCUT2D eigenvalue weighted by Crippen LogP contribution is -2.13. The second-order valence-electron chi connectivity index (χ2n) is 6.77. The third-order valence-electron chi connectivity index (χ3n) is 4.87. The predicted octanol–water partition coefficient (Wildman–Crippen LogP) is 3.86. The number of rotatable bonds is 4. The third-order valence-corrected chi connectivity index (χ3v) is 4.87. The number of hydrogen-bond donors (Lipinski definition) is 0. The molecule has 0 N–H and O–H groups in total. The fourth-order valence-corrected chi connectivity index (χ4v) is 3.58. The van der Waals surface area contributed by atoms with E-state index in [9.17, 15) is 0 Å². The van der Waals surface area contributed by atoms with Gasteiger partial charge in [-0.05, 0) is 37.2 Å². The minimum Gasteiger partial charge on any atom is -0.497 e. The summed E-state index contributed by atoms with van der Waals surface area (Å²) in [4.78, 5) is 2.32. The smallest absolute Gasteiger partial charge is 0.118 e. The van der Waals surface area contributed by atoms with E-state index in [0.717, 1.165) is 25.4 Å². The van der Waals surface area contributed by atoms with Gasteiger partial charge in [-0.2, -0.15) is 5.10 Å². The van der Waals surface area contributed by atoms with E-state index in [0.29, 0.717) is 0 Å². The van der Waals surface area contributed by atoms with Gasteiger partial charge in [0.25, 0.3) is 0 Å². The predicted molar refractivity (Wildman–Crippen MR) is 99.7 cm³/mol. The monoisotopic (exact) mass is 333 g/mol. The maximum absolute atomic E-state index is 5.26. The molecule has 3 aromatic rings. The molecule has 1 aliphatic heterocycles. The summed E-state index contributed by atoms with van der Waals surface area (Å²) < 4.78 is 7.43. The molecule has 0 amide bonds. The SMILES string of the molecule is COc1ccc(Cn2nc3c(c2-c2ccccc2C)CN(C)C3)cc1. The molecule has 0 saturated heterocycles. The molecular formula is C21H23N3O. The molecule has 0 radical (unpaired) electrons. The van der Waals surface area contributed by atoms with E-state index in [4.69, 9.17) is 9.84 Å². The van der Waals surface area contributed by atoms with Gasteiger partial charge in [-0.3, -0.25) is 9.58 Å². The minimum absolute atomic E-state index is 0.768. The molecule has 2 aromatic carbocycles. The fourth-order valence-electron chi connectivity index (χ4n) is 3.58. The molecule has 1 aliphatic rings. The first-order chi connectivity index (χ1) is 12.2. The van der Waals surface area contributed by atoms with Crippen LogP contribution in [0.5, 0.6) is 5.75 Å². The Balaban J connectivity index is 1.77. The summed E-state index contributed by atoms with van der Waals surface area (Å²) in [6.07, 6.45) is 0. The maximum Gasteiger partial charge on any atom is 0.118 e. The standard InChI is InChI=1S/C21H23N3O/c1-15-6-4-5-7-18(15)21-19-13-23(2)14-20(19)22-24(21)12-16-8-10-17(25-3)11-9-16/h4-11H,12-14H2,1-3H3. The summed E-state index contributed by atoms with van der Waals surface area (Å²) in [5.41, 5.74) is 7.62. The van der Waals surface area contributed by atoms with E-state index in [-0.39, 0.29) is 0 Å². The van der Waals surface area contributed by atoms with E-state index in [1.807, 2.05) is 12.1 Å². The molecule has 2 heterocycles. The van der Waals surface area contributed by atoms with Crippen LogP contribution in [0.2, 0.25) is 0 Å². The van der Waals surface area contributed by atoms with E-state index in [2.05, 4.69) is 60.0 Å². The van der Waals surface area contributed by atoms with Crippen molar-refractivity contribution < 1.29 is 4.74 Å². The van der Waals surface area contributed by atoms with Crippen molar-refractivity contribution in [3.63, 3.8) is 0 Å². The molecule has 1 aromatic heterocycles. The summed E-state index contributed by atoms with van der Waals surface area (Å²) in [5.74, 6) is 0.882. The van der Waals surface area contributed by atoms with Gasteiger partial charge in [0.05, 0.1) is 25.0 Å². The number of aryl methyl sites for hydroxylation is 1. The molecule has 0 atom stereocenters. The summed E-state index contributed by atoms with van der Waals surface area (Å²) in [6.45, 7) is 4.82. The molecule has 0 bridgehead atoms. The van der Waals surface area contributed by atoms with Gasteiger partial charge in [0.2, 0.25) is 0 Å². The molecule has 0 spiro atoms. The average molecular weight is 333 g/mol. The highest BCUT2D eigenvalue weighted by Crippen LogP contribution is 2.34. The van der Waals surface area contributed by atoms with Gasteiger partial charge in [0, 0.05) is 24.2 Å². The van der Waals surface area contributed by atoms with Crippen LogP contribution in [0.25, 0.3) is 11.3 Å². The Morgan fingerprint density at radius 2 is 1.80 bits per heavy atom.